The number of hydrogen-bond donors (Lipinski definition) is 0. The lowest BCUT2D eigenvalue weighted by Gasteiger charge is -2.18. The van der Waals surface area contributed by atoms with Crippen molar-refractivity contribution >= 4 is 11.6 Å². The van der Waals surface area contributed by atoms with Gasteiger partial charge in [-0.15, -0.1) is 11.6 Å². The summed E-state index contributed by atoms with van der Waals surface area (Å²) >= 11 is 5.73. The molecule has 4 nitrogen and oxygen atoms in total. The van der Waals surface area contributed by atoms with Crippen molar-refractivity contribution in [2.75, 3.05) is 13.2 Å². The van der Waals surface area contributed by atoms with Crippen LogP contribution in [0.15, 0.2) is 30.5 Å². The zero-order chi connectivity index (χ0) is 12.4. The van der Waals surface area contributed by atoms with Crippen LogP contribution in [0.4, 0.5) is 0 Å². The van der Waals surface area contributed by atoms with Crippen LogP contribution in [0.2, 0.25) is 0 Å². The van der Waals surface area contributed by atoms with Crippen LogP contribution in [-0.2, 0) is 5.88 Å². The van der Waals surface area contributed by atoms with Crippen LogP contribution >= 0.6 is 11.6 Å². The highest BCUT2D eigenvalue weighted by Crippen LogP contribution is 2.33. The molecule has 0 atom stereocenters. The maximum atomic E-state index is 5.73. The minimum absolute atomic E-state index is 0.304. The van der Waals surface area contributed by atoms with E-state index >= 15 is 0 Å². The summed E-state index contributed by atoms with van der Waals surface area (Å²) in [5.74, 6) is 2.45. The molecule has 2 aromatic rings. The first-order chi connectivity index (χ1) is 8.86. The summed E-state index contributed by atoms with van der Waals surface area (Å²) in [6.45, 7) is 1.17. The first kappa shape index (κ1) is 11.3. The Balaban J connectivity index is 2.00. The van der Waals surface area contributed by atoms with Gasteiger partial charge in [-0.3, -0.25) is 0 Å². The number of alkyl halides is 1. The molecule has 0 unspecified atom stereocenters. The van der Waals surface area contributed by atoms with Gasteiger partial charge in [0, 0.05) is 11.8 Å². The summed E-state index contributed by atoms with van der Waals surface area (Å²) in [4.78, 5) is 8.44. The molecule has 0 spiro atoms. The smallest absolute Gasteiger partial charge is 0.162 e. The molecule has 0 fully saturated rings. The Morgan fingerprint density at radius 3 is 2.78 bits per heavy atom. The van der Waals surface area contributed by atoms with Gasteiger partial charge in [0.2, 0.25) is 0 Å². The van der Waals surface area contributed by atoms with Crippen LogP contribution in [0.5, 0.6) is 11.5 Å². The van der Waals surface area contributed by atoms with E-state index in [4.69, 9.17) is 21.1 Å². The lowest BCUT2D eigenvalue weighted by molar-refractivity contribution is 0.171. The number of hydrogen-bond acceptors (Lipinski definition) is 4. The molecule has 1 aromatic carbocycles. The topological polar surface area (TPSA) is 44.2 Å². The summed E-state index contributed by atoms with van der Waals surface area (Å²) in [7, 11) is 0. The molecule has 1 aliphatic heterocycles. The van der Waals surface area contributed by atoms with Crippen LogP contribution in [0.3, 0.4) is 0 Å². The molecule has 5 heteroatoms. The van der Waals surface area contributed by atoms with Gasteiger partial charge in [-0.25, -0.2) is 9.97 Å². The van der Waals surface area contributed by atoms with Crippen molar-refractivity contribution in [2.24, 2.45) is 0 Å². The fourth-order valence-corrected chi connectivity index (χ4v) is 1.96. The van der Waals surface area contributed by atoms with E-state index in [0.29, 0.717) is 24.9 Å². The van der Waals surface area contributed by atoms with Gasteiger partial charge >= 0.3 is 0 Å². The number of rotatable bonds is 2. The fraction of sp³-hybridized carbons (Fsp3) is 0.231. The quantitative estimate of drug-likeness (QED) is 0.781. The zero-order valence-corrected chi connectivity index (χ0v) is 10.4. The lowest BCUT2D eigenvalue weighted by atomic mass is 10.1. The number of nitrogens with zero attached hydrogens (tertiary/aromatic N) is 2. The Kier molecular flexibility index (Phi) is 3.02. The second-order valence-electron chi connectivity index (χ2n) is 3.85. The minimum atomic E-state index is 0.304. The van der Waals surface area contributed by atoms with E-state index in [1.54, 1.807) is 6.20 Å². The van der Waals surface area contributed by atoms with E-state index in [1.807, 2.05) is 24.3 Å². The lowest BCUT2D eigenvalue weighted by Crippen LogP contribution is -2.15. The van der Waals surface area contributed by atoms with Crippen LogP contribution in [0, 0.1) is 0 Å². The van der Waals surface area contributed by atoms with Crippen molar-refractivity contribution in [1.29, 1.82) is 0 Å². The van der Waals surface area contributed by atoms with Gasteiger partial charge in [-0.05, 0) is 24.3 Å². The number of ether oxygens (including phenoxy) is 2. The molecule has 0 radical (unpaired) electrons. The molecule has 3 rings (SSSR count). The molecule has 0 saturated carbocycles. The normalized spacial score (nSPS) is 13.4. The maximum Gasteiger partial charge on any atom is 0.162 e. The molecule has 1 aliphatic rings. The molecule has 0 N–H and O–H groups in total. The predicted molar refractivity (Wildman–Crippen MR) is 68.0 cm³/mol. The van der Waals surface area contributed by atoms with Crippen molar-refractivity contribution in [3.63, 3.8) is 0 Å². The molecule has 0 saturated heterocycles. The average Bonchev–Trinajstić information content (AvgIpc) is 2.47. The predicted octanol–water partition coefficient (Wildman–Crippen LogP) is 2.65. The summed E-state index contributed by atoms with van der Waals surface area (Å²) in [5, 5.41) is 0. The second kappa shape index (κ2) is 4.82. The van der Waals surface area contributed by atoms with E-state index in [-0.39, 0.29) is 0 Å². The van der Waals surface area contributed by atoms with Crippen molar-refractivity contribution in [2.45, 2.75) is 5.88 Å². The van der Waals surface area contributed by atoms with Crippen LogP contribution in [0.25, 0.3) is 11.3 Å². The molecule has 1 aromatic heterocycles. The van der Waals surface area contributed by atoms with Gasteiger partial charge in [-0.2, -0.15) is 0 Å². The highest BCUT2D eigenvalue weighted by atomic mass is 35.5. The molecule has 0 amide bonds. The van der Waals surface area contributed by atoms with Crippen molar-refractivity contribution < 1.29 is 9.47 Å². The summed E-state index contributed by atoms with van der Waals surface area (Å²) in [6.07, 6.45) is 1.71. The molecule has 92 valence electrons. The van der Waals surface area contributed by atoms with E-state index in [0.717, 1.165) is 22.8 Å². The number of aromatic nitrogens is 2. The van der Waals surface area contributed by atoms with E-state index in [1.165, 1.54) is 0 Å². The minimum Gasteiger partial charge on any atom is -0.486 e. The zero-order valence-electron chi connectivity index (χ0n) is 9.60. The Labute approximate surface area is 110 Å². The summed E-state index contributed by atoms with van der Waals surface area (Å²) in [5.41, 5.74) is 1.80. The van der Waals surface area contributed by atoms with Crippen LogP contribution in [0.1, 0.15) is 5.82 Å². The molecule has 2 heterocycles. The third-order valence-electron chi connectivity index (χ3n) is 2.66. The van der Waals surface area contributed by atoms with Crippen molar-refractivity contribution in [1.82, 2.24) is 9.97 Å². The van der Waals surface area contributed by atoms with E-state index < -0.39 is 0 Å². The Bertz CT molecular complexity index is 575. The Morgan fingerprint density at radius 2 is 1.94 bits per heavy atom. The highest BCUT2D eigenvalue weighted by molar-refractivity contribution is 6.16. The average molecular weight is 263 g/mol. The number of benzene rings is 1. The first-order valence-electron chi connectivity index (χ1n) is 5.65. The standard InChI is InChI=1S/C13H11ClN2O2/c14-8-13-15-4-3-10(16-13)9-1-2-11-12(7-9)18-6-5-17-11/h1-4,7H,5-6,8H2. The third kappa shape index (κ3) is 2.11. The summed E-state index contributed by atoms with van der Waals surface area (Å²) < 4.78 is 11.0. The second-order valence-corrected chi connectivity index (χ2v) is 4.12. The fourth-order valence-electron chi connectivity index (χ4n) is 1.83. The van der Waals surface area contributed by atoms with E-state index in [2.05, 4.69) is 9.97 Å². The van der Waals surface area contributed by atoms with Crippen LogP contribution in [-0.4, -0.2) is 23.2 Å². The van der Waals surface area contributed by atoms with Gasteiger partial charge in [0.15, 0.2) is 11.5 Å². The van der Waals surface area contributed by atoms with Gasteiger partial charge in [0.25, 0.3) is 0 Å². The first-order valence-corrected chi connectivity index (χ1v) is 6.18. The van der Waals surface area contributed by atoms with E-state index in [9.17, 15) is 0 Å². The molecular weight excluding hydrogens is 252 g/mol. The van der Waals surface area contributed by atoms with Gasteiger partial charge < -0.3 is 9.47 Å². The van der Waals surface area contributed by atoms with Crippen molar-refractivity contribution in [3.8, 4) is 22.8 Å². The van der Waals surface area contributed by atoms with Gasteiger partial charge in [-0.1, -0.05) is 0 Å². The SMILES string of the molecule is ClCc1nccc(-c2ccc3c(c2)OCCO3)n1. The highest BCUT2D eigenvalue weighted by Gasteiger charge is 2.13. The van der Waals surface area contributed by atoms with Gasteiger partial charge in [0.1, 0.15) is 19.0 Å². The van der Waals surface area contributed by atoms with Gasteiger partial charge in [0.05, 0.1) is 11.6 Å². The largest absolute Gasteiger partial charge is 0.486 e. The third-order valence-corrected chi connectivity index (χ3v) is 2.90. The van der Waals surface area contributed by atoms with Crippen molar-refractivity contribution in [3.05, 3.63) is 36.3 Å². The molecular formula is C13H11ClN2O2. The monoisotopic (exact) mass is 262 g/mol. The number of fused-ring (bicyclic) bond motifs is 1. The maximum absolute atomic E-state index is 5.73. The summed E-state index contributed by atoms with van der Waals surface area (Å²) in [6, 6.07) is 7.62. The Morgan fingerprint density at radius 1 is 1.11 bits per heavy atom. The molecule has 18 heavy (non-hydrogen) atoms. The Hall–Kier alpha value is -1.81. The molecule has 0 bridgehead atoms. The van der Waals surface area contributed by atoms with Crippen LogP contribution < -0.4 is 9.47 Å². The molecule has 0 aliphatic carbocycles. The number of halogens is 1.